The minimum Gasteiger partial charge on any atom is -0.394 e. The van der Waals surface area contributed by atoms with Gasteiger partial charge >= 0.3 is 0 Å². The van der Waals surface area contributed by atoms with Crippen molar-refractivity contribution in [3.05, 3.63) is 0 Å². The number of amides is 1. The van der Waals surface area contributed by atoms with Gasteiger partial charge in [0.1, 0.15) is 24.4 Å². The molecule has 1 fully saturated rings. The molecular weight excluding hydrogens is 268 g/mol. The van der Waals surface area contributed by atoms with E-state index in [0.29, 0.717) is 13.0 Å². The van der Waals surface area contributed by atoms with E-state index in [0.717, 1.165) is 12.8 Å². The topological polar surface area (TPSA) is 145 Å². The van der Waals surface area contributed by atoms with E-state index < -0.39 is 37.3 Å². The van der Waals surface area contributed by atoms with Gasteiger partial charge in [-0.1, -0.05) is 6.42 Å². The molecule has 7 N–H and O–H groups in total. The monoisotopic (exact) mass is 292 g/mol. The van der Waals surface area contributed by atoms with Crippen LogP contribution in [0.15, 0.2) is 0 Å². The molecule has 1 aliphatic heterocycles. The number of aliphatic hydroxyl groups is 4. The number of rotatable bonds is 7. The number of nitrogens with one attached hydrogen (secondary N) is 1. The lowest BCUT2D eigenvalue weighted by Crippen LogP contribution is -2.63. The summed E-state index contributed by atoms with van der Waals surface area (Å²) in [4.78, 5) is 11.7. The number of ether oxygens (including phenoxy) is 1. The molecule has 0 aromatic carbocycles. The van der Waals surface area contributed by atoms with Crippen molar-refractivity contribution in [1.82, 2.24) is 5.32 Å². The number of carbonyl (C=O) groups is 1. The highest BCUT2D eigenvalue weighted by atomic mass is 16.6. The van der Waals surface area contributed by atoms with Crippen LogP contribution in [0.3, 0.4) is 0 Å². The zero-order valence-corrected chi connectivity index (χ0v) is 11.3. The Hall–Kier alpha value is -0.770. The predicted molar refractivity (Wildman–Crippen MR) is 69.4 cm³/mol. The number of hydrogen-bond acceptors (Lipinski definition) is 7. The van der Waals surface area contributed by atoms with Crippen molar-refractivity contribution in [3.63, 3.8) is 0 Å². The van der Waals surface area contributed by atoms with Gasteiger partial charge in [0.2, 0.25) is 5.91 Å². The summed E-state index contributed by atoms with van der Waals surface area (Å²) >= 11 is 0. The van der Waals surface area contributed by atoms with Gasteiger partial charge in [0, 0.05) is 6.42 Å². The van der Waals surface area contributed by atoms with Gasteiger partial charge in [0.15, 0.2) is 6.23 Å². The van der Waals surface area contributed by atoms with Crippen LogP contribution in [-0.4, -0.2) is 70.1 Å². The Morgan fingerprint density at radius 1 is 1.10 bits per heavy atom. The first kappa shape index (κ1) is 17.3. The zero-order chi connectivity index (χ0) is 15.1. The Bertz CT molecular complexity index is 302. The van der Waals surface area contributed by atoms with Gasteiger partial charge in [-0.05, 0) is 19.4 Å². The Labute approximate surface area is 117 Å². The summed E-state index contributed by atoms with van der Waals surface area (Å²) < 4.78 is 5.17. The third-order valence-electron chi connectivity index (χ3n) is 3.30. The molecule has 20 heavy (non-hydrogen) atoms. The van der Waals surface area contributed by atoms with Crippen molar-refractivity contribution in [2.45, 2.75) is 56.3 Å². The number of hydrogen-bond donors (Lipinski definition) is 6. The van der Waals surface area contributed by atoms with Crippen LogP contribution in [0.1, 0.15) is 25.7 Å². The Balaban J connectivity index is 2.43. The van der Waals surface area contributed by atoms with Gasteiger partial charge < -0.3 is 36.2 Å². The summed E-state index contributed by atoms with van der Waals surface area (Å²) in [6.07, 6.45) is -3.91. The lowest BCUT2D eigenvalue weighted by Gasteiger charge is -2.40. The van der Waals surface area contributed by atoms with E-state index in [1.165, 1.54) is 0 Å². The van der Waals surface area contributed by atoms with Crippen LogP contribution in [0.25, 0.3) is 0 Å². The fourth-order valence-electron chi connectivity index (χ4n) is 2.06. The number of carbonyl (C=O) groups excluding carboxylic acids is 1. The Morgan fingerprint density at radius 3 is 2.40 bits per heavy atom. The normalized spacial score (nSPS) is 34.0. The van der Waals surface area contributed by atoms with Crippen LogP contribution in [0, 0.1) is 0 Å². The van der Waals surface area contributed by atoms with Crippen molar-refractivity contribution in [1.29, 1.82) is 0 Å². The van der Waals surface area contributed by atoms with Gasteiger partial charge in [-0.25, -0.2) is 0 Å². The standard InChI is InChI=1S/C12H24N2O6/c13-5-3-1-2-4-8(16)14-12-11(19)10(18)9(17)7(6-15)20-12/h7,9-12,15,17-19H,1-6,13H2,(H,14,16)/t7-,9-,10+,11+,12-/m1/s1. The fraction of sp³-hybridized carbons (Fsp3) is 0.917. The molecule has 0 bridgehead atoms. The molecule has 1 heterocycles. The SMILES string of the molecule is NCCCCCC(=O)N[C@@H]1O[C@H](CO)[C@@H](O)[C@H](O)[C@@H]1O. The first-order chi connectivity index (χ1) is 9.51. The van der Waals surface area contributed by atoms with Crippen LogP contribution in [0.4, 0.5) is 0 Å². The molecule has 0 saturated carbocycles. The zero-order valence-electron chi connectivity index (χ0n) is 11.3. The van der Waals surface area contributed by atoms with Crippen molar-refractivity contribution in [2.24, 2.45) is 5.73 Å². The molecule has 8 nitrogen and oxygen atoms in total. The van der Waals surface area contributed by atoms with Crippen LogP contribution < -0.4 is 11.1 Å². The highest BCUT2D eigenvalue weighted by Gasteiger charge is 2.43. The highest BCUT2D eigenvalue weighted by molar-refractivity contribution is 5.76. The molecule has 0 radical (unpaired) electrons. The predicted octanol–water partition coefficient (Wildman–Crippen LogP) is -2.58. The summed E-state index contributed by atoms with van der Waals surface area (Å²) in [6.45, 7) is 0.0577. The van der Waals surface area contributed by atoms with E-state index >= 15 is 0 Å². The number of unbranched alkanes of at least 4 members (excludes halogenated alkanes) is 2. The third kappa shape index (κ3) is 4.65. The molecule has 0 aliphatic carbocycles. The van der Waals surface area contributed by atoms with E-state index in [2.05, 4.69) is 5.32 Å². The third-order valence-corrected chi connectivity index (χ3v) is 3.30. The van der Waals surface area contributed by atoms with Gasteiger partial charge in [-0.3, -0.25) is 4.79 Å². The smallest absolute Gasteiger partial charge is 0.222 e. The fourth-order valence-corrected chi connectivity index (χ4v) is 2.06. The van der Waals surface area contributed by atoms with E-state index in [1.807, 2.05) is 0 Å². The lowest BCUT2D eigenvalue weighted by molar-refractivity contribution is -0.236. The van der Waals surface area contributed by atoms with Crippen LogP contribution in [0.2, 0.25) is 0 Å². The van der Waals surface area contributed by atoms with Crippen LogP contribution >= 0.6 is 0 Å². The van der Waals surface area contributed by atoms with E-state index in [9.17, 15) is 20.1 Å². The second-order valence-corrected chi connectivity index (χ2v) is 4.92. The minimum atomic E-state index is -1.48. The van der Waals surface area contributed by atoms with Crippen molar-refractivity contribution in [3.8, 4) is 0 Å². The quantitative estimate of drug-likeness (QED) is 0.283. The van der Waals surface area contributed by atoms with E-state index in [4.69, 9.17) is 15.6 Å². The summed E-state index contributed by atoms with van der Waals surface area (Å²) in [5.74, 6) is -0.327. The largest absolute Gasteiger partial charge is 0.394 e. The average Bonchev–Trinajstić information content (AvgIpc) is 2.44. The van der Waals surface area contributed by atoms with E-state index in [-0.39, 0.29) is 12.3 Å². The second kappa shape index (κ2) is 8.50. The first-order valence-corrected chi connectivity index (χ1v) is 6.81. The molecule has 5 atom stereocenters. The minimum absolute atomic E-state index is 0.259. The second-order valence-electron chi connectivity index (χ2n) is 4.92. The molecule has 1 saturated heterocycles. The first-order valence-electron chi connectivity index (χ1n) is 6.81. The Kier molecular flexibility index (Phi) is 7.35. The summed E-state index contributed by atoms with van der Waals surface area (Å²) in [5, 5.41) is 40.3. The molecule has 1 rings (SSSR count). The highest BCUT2D eigenvalue weighted by Crippen LogP contribution is 2.19. The Morgan fingerprint density at radius 2 is 1.80 bits per heavy atom. The maximum Gasteiger partial charge on any atom is 0.222 e. The van der Waals surface area contributed by atoms with Crippen molar-refractivity contribution >= 4 is 5.91 Å². The molecular formula is C12H24N2O6. The maximum absolute atomic E-state index is 11.7. The average molecular weight is 292 g/mol. The van der Waals surface area contributed by atoms with Crippen LogP contribution in [-0.2, 0) is 9.53 Å². The number of nitrogens with two attached hydrogens (primary N) is 1. The summed E-state index contributed by atoms with van der Waals surface area (Å²) in [6, 6.07) is 0. The lowest BCUT2D eigenvalue weighted by atomic mass is 9.98. The van der Waals surface area contributed by atoms with Gasteiger partial charge in [0.25, 0.3) is 0 Å². The van der Waals surface area contributed by atoms with E-state index in [1.54, 1.807) is 0 Å². The molecule has 0 aromatic rings. The van der Waals surface area contributed by atoms with Gasteiger partial charge in [-0.15, -0.1) is 0 Å². The number of aliphatic hydroxyl groups excluding tert-OH is 4. The molecule has 0 unspecified atom stereocenters. The van der Waals surface area contributed by atoms with Crippen molar-refractivity contribution in [2.75, 3.05) is 13.2 Å². The van der Waals surface area contributed by atoms with Crippen molar-refractivity contribution < 1.29 is 30.0 Å². The van der Waals surface area contributed by atoms with Crippen LogP contribution in [0.5, 0.6) is 0 Å². The summed E-state index contributed by atoms with van der Waals surface area (Å²) in [7, 11) is 0. The summed E-state index contributed by atoms with van der Waals surface area (Å²) in [5.41, 5.74) is 5.34. The molecule has 118 valence electrons. The molecule has 0 spiro atoms. The molecule has 1 aliphatic rings. The molecule has 0 aromatic heterocycles. The molecule has 8 heteroatoms. The molecule has 1 amide bonds. The van der Waals surface area contributed by atoms with Gasteiger partial charge in [0.05, 0.1) is 6.61 Å². The van der Waals surface area contributed by atoms with Gasteiger partial charge in [-0.2, -0.15) is 0 Å². The maximum atomic E-state index is 11.7.